The van der Waals surface area contributed by atoms with Crippen LogP contribution in [0.4, 0.5) is 0 Å². The van der Waals surface area contributed by atoms with Crippen LogP contribution < -0.4 is 0 Å². The van der Waals surface area contributed by atoms with Crippen LogP contribution in [0.25, 0.3) is 0 Å². The number of esters is 1. The van der Waals surface area contributed by atoms with Crippen molar-refractivity contribution in [3.05, 3.63) is 108 Å². The summed E-state index contributed by atoms with van der Waals surface area (Å²) in [4.78, 5) is 23.9. The Morgan fingerprint density at radius 2 is 1.47 bits per heavy atom. The van der Waals surface area contributed by atoms with E-state index in [1.807, 2.05) is 98.9 Å². The second-order valence-electron chi connectivity index (χ2n) is 16.4. The first-order valence-corrected chi connectivity index (χ1v) is 21.5. The molecule has 60 heavy (non-hydrogen) atoms. The Kier molecular flexibility index (Phi) is 28.3. The van der Waals surface area contributed by atoms with Crippen LogP contribution in [0.15, 0.2) is 108 Å². The number of ether oxygens (including phenoxy) is 2. The first-order chi connectivity index (χ1) is 28.5. The number of carbonyl (C=O) groups excluding carboxylic acids is 1. The molecule has 0 aromatic carbocycles. The predicted octanol–water partition coefficient (Wildman–Crippen LogP) is 7.41. The molecule has 0 saturated heterocycles. The van der Waals surface area contributed by atoms with E-state index >= 15 is 0 Å². The largest absolute Gasteiger partial charge is 0.481 e. The van der Waals surface area contributed by atoms with Crippen LogP contribution in [0, 0.1) is 23.7 Å². The molecule has 12 atom stereocenters. The Morgan fingerprint density at radius 1 is 0.850 bits per heavy atom. The van der Waals surface area contributed by atoms with Gasteiger partial charge in [-0.2, -0.15) is 0 Å². The van der Waals surface area contributed by atoms with E-state index in [-0.39, 0.29) is 24.9 Å². The average Bonchev–Trinajstić information content (AvgIpc) is 3.20. The van der Waals surface area contributed by atoms with Gasteiger partial charge in [-0.25, -0.2) is 0 Å². The van der Waals surface area contributed by atoms with Crippen molar-refractivity contribution in [2.24, 2.45) is 23.7 Å². The van der Waals surface area contributed by atoms with Gasteiger partial charge in [-0.15, -0.1) is 0 Å². The molecule has 0 radical (unpaired) electrons. The molecule has 0 aliphatic carbocycles. The molecular weight excluding hydrogens is 765 g/mol. The summed E-state index contributed by atoms with van der Waals surface area (Å²) in [6.07, 6.45) is 26.7. The lowest BCUT2D eigenvalue weighted by molar-refractivity contribution is -0.159. The first kappa shape index (κ1) is 54.3. The number of carboxylic acid groups (broad SMARTS) is 1. The summed E-state index contributed by atoms with van der Waals surface area (Å²) in [5.41, 5.74) is 1.61. The topological polar surface area (TPSA) is 194 Å². The van der Waals surface area contributed by atoms with E-state index in [1.165, 1.54) is 0 Å². The number of hydrogen-bond donors (Lipinski definition) is 7. The lowest BCUT2D eigenvalue weighted by Gasteiger charge is -2.33. The average molecular weight is 841 g/mol. The summed E-state index contributed by atoms with van der Waals surface area (Å²) in [6.45, 7) is 10.7. The van der Waals surface area contributed by atoms with Crippen LogP contribution in [0.1, 0.15) is 106 Å². The maximum atomic E-state index is 13.3. The summed E-state index contributed by atoms with van der Waals surface area (Å²) >= 11 is 0. The van der Waals surface area contributed by atoms with Crippen molar-refractivity contribution in [2.45, 2.75) is 155 Å². The second kappa shape index (κ2) is 31.2. The molecule has 0 aromatic rings. The number of aliphatic hydroxyl groups is 6. The minimum atomic E-state index is -1.25. The zero-order valence-electron chi connectivity index (χ0n) is 37.0. The molecule has 0 unspecified atom stereocenters. The highest BCUT2D eigenvalue weighted by Gasteiger charge is 2.35. The number of aliphatic carboxylic acids is 1. The van der Waals surface area contributed by atoms with Gasteiger partial charge in [0.15, 0.2) is 0 Å². The number of cyclic esters (lactones) is 1. The van der Waals surface area contributed by atoms with Crippen molar-refractivity contribution in [1.82, 2.24) is 0 Å². The Balaban J connectivity index is 2.98. The van der Waals surface area contributed by atoms with Crippen LogP contribution in [0.2, 0.25) is 0 Å². The molecule has 0 spiro atoms. The third-order valence-electron chi connectivity index (χ3n) is 11.1. The van der Waals surface area contributed by atoms with E-state index in [0.29, 0.717) is 38.5 Å². The van der Waals surface area contributed by atoms with Crippen molar-refractivity contribution in [2.75, 3.05) is 7.11 Å². The Hall–Kier alpha value is -3.68. The number of allylic oxidation sites excluding steroid dienone is 14. The fourth-order valence-corrected chi connectivity index (χ4v) is 6.86. The minimum Gasteiger partial charge on any atom is -0.481 e. The minimum absolute atomic E-state index is 0.0389. The predicted molar refractivity (Wildman–Crippen MR) is 239 cm³/mol. The third-order valence-corrected chi connectivity index (χ3v) is 11.1. The number of aliphatic hydroxyl groups excluding tert-OH is 6. The highest BCUT2D eigenvalue weighted by molar-refractivity contribution is 5.70. The summed E-state index contributed by atoms with van der Waals surface area (Å²) in [5.74, 6) is -3.64. The quantitative estimate of drug-likeness (QED) is 0.0493. The van der Waals surface area contributed by atoms with Gasteiger partial charge in [0.05, 0.1) is 49.1 Å². The van der Waals surface area contributed by atoms with E-state index < -0.39 is 78.8 Å². The van der Waals surface area contributed by atoms with Crippen molar-refractivity contribution in [3.63, 3.8) is 0 Å². The Labute approximate surface area is 359 Å². The molecule has 0 bridgehead atoms. The van der Waals surface area contributed by atoms with Crippen molar-refractivity contribution in [1.29, 1.82) is 0 Å². The zero-order valence-corrected chi connectivity index (χ0v) is 37.0. The molecule has 1 aliphatic rings. The smallest absolute Gasteiger partial charge is 0.308 e. The first-order valence-electron chi connectivity index (χ1n) is 21.5. The van der Waals surface area contributed by atoms with Crippen LogP contribution in [-0.2, 0) is 19.1 Å². The summed E-state index contributed by atoms with van der Waals surface area (Å²) in [7, 11) is 1.66. The van der Waals surface area contributed by atoms with Gasteiger partial charge in [-0.3, -0.25) is 9.59 Å². The normalized spacial score (nSPS) is 30.9. The molecule has 1 heterocycles. The molecular formula is C49H76O11. The Bertz CT molecular complexity index is 1500. The fourth-order valence-electron chi connectivity index (χ4n) is 6.86. The van der Waals surface area contributed by atoms with Crippen molar-refractivity contribution < 1.29 is 54.8 Å². The van der Waals surface area contributed by atoms with Gasteiger partial charge in [0.1, 0.15) is 6.10 Å². The zero-order chi connectivity index (χ0) is 45.0. The van der Waals surface area contributed by atoms with Crippen LogP contribution >= 0.6 is 0 Å². The molecule has 1 aliphatic heterocycles. The lowest BCUT2D eigenvalue weighted by Crippen LogP contribution is -2.42. The summed E-state index contributed by atoms with van der Waals surface area (Å²) in [6, 6.07) is 0. The fraction of sp³-hybridized carbons (Fsp3) is 0.592. The molecule has 11 heteroatoms. The molecule has 0 saturated carbocycles. The standard InChI is InChI=1S/C49H76O11/c1-34(22-17-13-11-9-8-10-12-14-19-24-40(50)30-35(2)28-29-46(54)55)31-43(52)37(4)45-32-41(51)25-21-27-42(59-7)26-20-16-15-18-23-36(3)48(57)39(6)49(58)38(5)44(53)33-47(56)60-45/h8-20,22,30-31,36-45,48-53,57-58H,21,23-29,32-33H2,1-7H3,(H,54,55)/b9-8+,12-10+,13-11+,18-15+,19-14+,20-16-,22-17+,34-31+,35-30+/t36-,37-,38+,39-,40-,41+,42+,43+,44+,45-,48+,49-/m0/s1. The van der Waals surface area contributed by atoms with Gasteiger partial charge in [0.2, 0.25) is 0 Å². The summed E-state index contributed by atoms with van der Waals surface area (Å²) < 4.78 is 11.5. The molecule has 0 aromatic heterocycles. The van der Waals surface area contributed by atoms with Gasteiger partial charge in [0.25, 0.3) is 0 Å². The second-order valence-corrected chi connectivity index (χ2v) is 16.4. The summed E-state index contributed by atoms with van der Waals surface area (Å²) in [5, 5.41) is 74.2. The van der Waals surface area contributed by atoms with E-state index in [1.54, 1.807) is 47.0 Å². The van der Waals surface area contributed by atoms with Gasteiger partial charge in [-0.05, 0) is 64.7 Å². The highest BCUT2D eigenvalue weighted by atomic mass is 16.5. The third kappa shape index (κ3) is 23.9. The molecule has 1 rings (SSSR count). The monoisotopic (exact) mass is 841 g/mol. The lowest BCUT2D eigenvalue weighted by atomic mass is 9.81. The van der Waals surface area contributed by atoms with Crippen molar-refractivity contribution in [3.8, 4) is 0 Å². The number of rotatable bonds is 15. The molecule has 11 nitrogen and oxygen atoms in total. The van der Waals surface area contributed by atoms with E-state index in [9.17, 15) is 40.2 Å². The SMILES string of the molecule is CO[C@@H]1C/C=C\C=C\C[C@H](C)[C@@H](O)[C@H](C)[C@@H](O)[C@H](C)[C@H](O)CC(=O)O[C@H]([C@@H](C)[C@H](O)/C=C(C)/C=C/C=C/C=C/C=C/C=C/C[C@H](O)/C=C(\C)CCC(=O)O)C[C@H](O)CCC1. The Morgan fingerprint density at radius 3 is 2.10 bits per heavy atom. The molecule has 7 N–H and O–H groups in total. The van der Waals surface area contributed by atoms with Gasteiger partial charge in [-0.1, -0.05) is 136 Å². The molecule has 338 valence electrons. The molecule has 0 amide bonds. The number of hydrogen-bond acceptors (Lipinski definition) is 10. The van der Waals surface area contributed by atoms with Gasteiger partial charge < -0.3 is 45.2 Å². The number of carboxylic acids is 1. The van der Waals surface area contributed by atoms with Crippen LogP contribution in [-0.4, -0.2) is 104 Å². The number of carbonyl (C=O) groups is 2. The van der Waals surface area contributed by atoms with E-state index in [4.69, 9.17) is 14.6 Å². The number of methoxy groups -OCH3 is 1. The molecule has 0 fully saturated rings. The van der Waals surface area contributed by atoms with Gasteiger partial charge in [0, 0.05) is 37.7 Å². The van der Waals surface area contributed by atoms with E-state index in [0.717, 1.165) is 17.6 Å². The van der Waals surface area contributed by atoms with Gasteiger partial charge >= 0.3 is 11.9 Å². The van der Waals surface area contributed by atoms with Crippen LogP contribution in [0.5, 0.6) is 0 Å². The highest BCUT2D eigenvalue weighted by Crippen LogP contribution is 2.28. The maximum Gasteiger partial charge on any atom is 0.308 e. The van der Waals surface area contributed by atoms with Crippen molar-refractivity contribution >= 4 is 11.9 Å². The maximum absolute atomic E-state index is 13.3. The van der Waals surface area contributed by atoms with Crippen LogP contribution in [0.3, 0.4) is 0 Å². The van der Waals surface area contributed by atoms with E-state index in [2.05, 4.69) is 0 Å².